The highest BCUT2D eigenvalue weighted by Crippen LogP contribution is 2.32. The van der Waals surface area contributed by atoms with Crippen molar-refractivity contribution in [3.05, 3.63) is 42.1 Å². The van der Waals surface area contributed by atoms with Crippen molar-refractivity contribution in [2.45, 2.75) is 30.9 Å². The maximum atomic E-state index is 12.8. The van der Waals surface area contributed by atoms with Gasteiger partial charge in [0.15, 0.2) is 0 Å². The molecule has 144 valence electrons. The summed E-state index contributed by atoms with van der Waals surface area (Å²) in [7, 11) is 0.500. The van der Waals surface area contributed by atoms with Crippen molar-refractivity contribution >= 4 is 22.6 Å². The maximum Gasteiger partial charge on any atom is 0.323 e. The van der Waals surface area contributed by atoms with E-state index in [1.54, 1.807) is 30.4 Å². The number of pyridine rings is 1. The van der Waals surface area contributed by atoms with E-state index in [9.17, 15) is 9.00 Å². The molecule has 1 aromatic heterocycles. The van der Waals surface area contributed by atoms with E-state index >= 15 is 0 Å². The third kappa shape index (κ3) is 4.57. The van der Waals surface area contributed by atoms with Crippen LogP contribution >= 0.6 is 0 Å². The average molecular weight is 389 g/mol. The number of anilines is 1. The topological polar surface area (TPSA) is 80.8 Å². The number of carbonyl (C=O) groups excluding carboxylic acids is 1. The van der Waals surface area contributed by atoms with Gasteiger partial charge >= 0.3 is 6.03 Å². The van der Waals surface area contributed by atoms with Gasteiger partial charge in [-0.15, -0.1) is 0 Å². The molecule has 3 rings (SSSR count). The van der Waals surface area contributed by atoms with E-state index in [1.165, 1.54) is 6.20 Å². The van der Waals surface area contributed by atoms with E-state index in [0.29, 0.717) is 35.3 Å². The minimum atomic E-state index is -1.11. The Morgan fingerprint density at radius 2 is 2.11 bits per heavy atom. The van der Waals surface area contributed by atoms with Gasteiger partial charge in [-0.3, -0.25) is 9.53 Å². The van der Waals surface area contributed by atoms with Crippen molar-refractivity contribution in [1.29, 1.82) is 0 Å². The van der Waals surface area contributed by atoms with Gasteiger partial charge in [0, 0.05) is 24.1 Å². The van der Waals surface area contributed by atoms with Gasteiger partial charge in [-0.05, 0) is 38.1 Å². The van der Waals surface area contributed by atoms with Crippen LogP contribution in [0.25, 0.3) is 0 Å². The summed E-state index contributed by atoms with van der Waals surface area (Å²) in [6.07, 6.45) is 3.09. The first-order chi connectivity index (χ1) is 12.8. The molecule has 0 saturated heterocycles. The van der Waals surface area contributed by atoms with E-state index in [0.717, 1.165) is 5.56 Å². The number of methoxy groups -OCH3 is 1. The third-order valence-electron chi connectivity index (χ3n) is 4.18. The van der Waals surface area contributed by atoms with Crippen LogP contribution < -0.4 is 14.8 Å². The maximum absolute atomic E-state index is 12.8. The lowest BCUT2D eigenvalue weighted by Crippen LogP contribution is -2.44. The normalized spacial score (nSPS) is 16.5. The number of benzene rings is 1. The van der Waals surface area contributed by atoms with Gasteiger partial charge < -0.3 is 14.4 Å². The summed E-state index contributed by atoms with van der Waals surface area (Å²) in [6.45, 7) is 4.69. The molecule has 0 aliphatic carbocycles. The molecule has 0 bridgehead atoms. The van der Waals surface area contributed by atoms with E-state index in [-0.39, 0.29) is 6.03 Å². The minimum absolute atomic E-state index is 0.270. The fraction of sp³-hybridized carbons (Fsp3) is 0.368. The molecule has 2 aromatic rings. The van der Waals surface area contributed by atoms with Crippen molar-refractivity contribution in [1.82, 2.24) is 9.88 Å². The highest BCUT2D eigenvalue weighted by atomic mass is 32.2. The number of carbonyl (C=O) groups is 1. The molecule has 8 heteroatoms. The Balaban J connectivity index is 1.80. The summed E-state index contributed by atoms with van der Waals surface area (Å²) in [4.78, 5) is 19.3. The molecule has 1 unspecified atom stereocenters. The number of amides is 2. The van der Waals surface area contributed by atoms with Crippen LogP contribution in [0.4, 0.5) is 10.6 Å². The summed E-state index contributed by atoms with van der Waals surface area (Å²) in [5.74, 6) is 1.83. The lowest BCUT2D eigenvalue weighted by atomic mass is 10.1. The van der Waals surface area contributed by atoms with Crippen molar-refractivity contribution < 1.29 is 18.5 Å². The van der Waals surface area contributed by atoms with Crippen molar-refractivity contribution in [2.24, 2.45) is 0 Å². The van der Waals surface area contributed by atoms with Gasteiger partial charge in [0.1, 0.15) is 22.9 Å². The predicted molar refractivity (Wildman–Crippen MR) is 104 cm³/mol. The SMILES string of the molecule is COc1ccc2c(c1)OC(C)(C)CN(C(=O)Nc1ccc(S(C)=O)cn1)C2. The molecular weight excluding hydrogens is 366 g/mol. The average Bonchev–Trinajstić information content (AvgIpc) is 2.75. The Morgan fingerprint density at radius 3 is 2.74 bits per heavy atom. The van der Waals surface area contributed by atoms with Crippen LogP contribution in [0.5, 0.6) is 11.5 Å². The number of rotatable bonds is 3. The van der Waals surface area contributed by atoms with Gasteiger partial charge in [-0.2, -0.15) is 0 Å². The molecule has 1 aliphatic heterocycles. The zero-order valence-electron chi connectivity index (χ0n) is 15.8. The molecule has 1 atom stereocenters. The first kappa shape index (κ1) is 19.2. The van der Waals surface area contributed by atoms with E-state index in [4.69, 9.17) is 9.47 Å². The summed E-state index contributed by atoms with van der Waals surface area (Å²) < 4.78 is 22.8. The van der Waals surface area contributed by atoms with Gasteiger partial charge in [0.05, 0.1) is 35.9 Å². The Hall–Kier alpha value is -2.61. The molecule has 1 aliphatic rings. The first-order valence-corrected chi connectivity index (χ1v) is 10.0. The van der Waals surface area contributed by atoms with Crippen molar-refractivity contribution in [3.8, 4) is 11.5 Å². The predicted octanol–water partition coefficient (Wildman–Crippen LogP) is 3.03. The van der Waals surface area contributed by atoms with Crippen LogP contribution in [-0.2, 0) is 17.3 Å². The van der Waals surface area contributed by atoms with E-state index < -0.39 is 16.4 Å². The summed E-state index contributed by atoms with van der Waals surface area (Å²) in [5, 5.41) is 2.79. The van der Waals surface area contributed by atoms with Crippen LogP contribution in [0.15, 0.2) is 41.4 Å². The number of nitrogens with one attached hydrogen (secondary N) is 1. The van der Waals surface area contributed by atoms with Crippen LogP contribution in [0.3, 0.4) is 0 Å². The fourth-order valence-electron chi connectivity index (χ4n) is 2.90. The van der Waals surface area contributed by atoms with E-state index in [1.807, 2.05) is 32.0 Å². The number of fused-ring (bicyclic) bond motifs is 1. The number of hydrogen-bond acceptors (Lipinski definition) is 5. The Kier molecular flexibility index (Phi) is 5.36. The standard InChI is InChI=1S/C19H23N3O4S/c1-19(2)12-22(11-13-5-6-14(25-3)9-16(13)26-19)18(23)21-17-8-7-15(10-20-17)27(4)24/h5-10H,11-12H2,1-4H3,(H,20,21,23). The summed E-state index contributed by atoms with van der Waals surface area (Å²) in [6, 6.07) is 8.65. The monoisotopic (exact) mass is 389 g/mol. The quantitative estimate of drug-likeness (QED) is 0.873. The highest BCUT2D eigenvalue weighted by Gasteiger charge is 2.32. The smallest absolute Gasteiger partial charge is 0.323 e. The molecule has 0 radical (unpaired) electrons. The number of nitrogens with zero attached hydrogens (tertiary/aromatic N) is 2. The second-order valence-corrected chi connectivity index (χ2v) is 8.33. The summed E-state index contributed by atoms with van der Waals surface area (Å²) in [5.41, 5.74) is 0.340. The Labute approximate surface area is 161 Å². The third-order valence-corrected chi connectivity index (χ3v) is 5.09. The lowest BCUT2D eigenvalue weighted by Gasteiger charge is -2.29. The Morgan fingerprint density at radius 1 is 1.33 bits per heavy atom. The fourth-order valence-corrected chi connectivity index (χ4v) is 3.36. The minimum Gasteiger partial charge on any atom is -0.497 e. The number of hydrogen-bond donors (Lipinski definition) is 1. The number of ether oxygens (including phenoxy) is 2. The molecule has 0 fully saturated rings. The largest absolute Gasteiger partial charge is 0.497 e. The second-order valence-electron chi connectivity index (χ2n) is 6.95. The van der Waals surface area contributed by atoms with Crippen LogP contribution in [0.2, 0.25) is 0 Å². The second kappa shape index (κ2) is 7.56. The zero-order chi connectivity index (χ0) is 19.6. The van der Waals surface area contributed by atoms with Crippen molar-refractivity contribution in [2.75, 3.05) is 25.2 Å². The molecule has 2 amide bonds. The molecule has 0 spiro atoms. The Bertz CT molecular complexity index is 868. The van der Waals surface area contributed by atoms with Gasteiger partial charge in [0.2, 0.25) is 0 Å². The first-order valence-electron chi connectivity index (χ1n) is 8.49. The molecule has 7 nitrogen and oxygen atoms in total. The highest BCUT2D eigenvalue weighted by molar-refractivity contribution is 7.84. The number of urea groups is 1. The number of aromatic nitrogens is 1. The van der Waals surface area contributed by atoms with Crippen molar-refractivity contribution in [3.63, 3.8) is 0 Å². The molecule has 0 saturated carbocycles. The van der Waals surface area contributed by atoms with E-state index in [2.05, 4.69) is 10.3 Å². The zero-order valence-corrected chi connectivity index (χ0v) is 16.6. The molecule has 1 N–H and O–H groups in total. The van der Waals surface area contributed by atoms with Crippen LogP contribution in [0, 0.1) is 0 Å². The van der Waals surface area contributed by atoms with Gasteiger partial charge in [-0.25, -0.2) is 9.78 Å². The van der Waals surface area contributed by atoms with Crippen LogP contribution in [-0.4, -0.2) is 45.6 Å². The molecule has 27 heavy (non-hydrogen) atoms. The molecule has 1 aromatic carbocycles. The molecule has 2 heterocycles. The lowest BCUT2D eigenvalue weighted by molar-refractivity contribution is 0.0833. The molecular formula is C19H23N3O4S. The van der Waals surface area contributed by atoms with Gasteiger partial charge in [-0.1, -0.05) is 0 Å². The summed E-state index contributed by atoms with van der Waals surface area (Å²) >= 11 is 0. The van der Waals surface area contributed by atoms with Gasteiger partial charge in [0.25, 0.3) is 0 Å². The van der Waals surface area contributed by atoms with Crippen LogP contribution in [0.1, 0.15) is 19.4 Å².